The van der Waals surface area contributed by atoms with Crippen molar-refractivity contribution in [3.05, 3.63) is 0 Å². The van der Waals surface area contributed by atoms with Crippen molar-refractivity contribution in [2.24, 2.45) is 11.7 Å². The van der Waals surface area contributed by atoms with Crippen LogP contribution in [0.3, 0.4) is 0 Å². The quantitative estimate of drug-likeness (QED) is 0.588. The number of ether oxygens (including phenoxy) is 1. The molecule has 1 fully saturated rings. The molecule has 1 saturated heterocycles. The lowest BCUT2D eigenvalue weighted by atomic mass is 9.97. The van der Waals surface area contributed by atoms with Gasteiger partial charge >= 0.3 is 0 Å². The lowest BCUT2D eigenvalue weighted by Crippen LogP contribution is -2.30. The first-order chi connectivity index (χ1) is 6.29. The minimum Gasteiger partial charge on any atom is -0.372 e. The highest BCUT2D eigenvalue weighted by Gasteiger charge is 2.12. The molecule has 0 radical (unpaired) electrons. The maximum absolute atomic E-state index is 10.3. The molecule has 0 spiro atoms. The van der Waals surface area contributed by atoms with E-state index in [1.54, 1.807) is 0 Å². The third-order valence-electron chi connectivity index (χ3n) is 2.31. The van der Waals surface area contributed by atoms with Gasteiger partial charge in [0.15, 0.2) is 0 Å². The van der Waals surface area contributed by atoms with Gasteiger partial charge < -0.3 is 15.8 Å². The lowest BCUT2D eigenvalue weighted by Gasteiger charge is -2.22. The van der Waals surface area contributed by atoms with Crippen LogP contribution in [0.5, 0.6) is 0 Å². The van der Waals surface area contributed by atoms with Gasteiger partial charge in [-0.25, -0.2) is 0 Å². The van der Waals surface area contributed by atoms with Gasteiger partial charge in [-0.1, -0.05) is 0 Å². The fraction of sp³-hybridized carbons (Fsp3) is 0.889. The number of carbonyl (C=O) groups excluding carboxylic acids is 1. The smallest absolute Gasteiger partial charge is 0.243 e. The third-order valence-corrected chi connectivity index (χ3v) is 2.31. The molecule has 1 atom stereocenters. The predicted octanol–water partition coefficient (Wildman–Crippen LogP) is -0.122. The average Bonchev–Trinajstić information content (AvgIpc) is 2.14. The van der Waals surface area contributed by atoms with E-state index < -0.39 is 0 Å². The summed E-state index contributed by atoms with van der Waals surface area (Å²) >= 11 is 0. The SMILES string of the molecule is NC(=O)COCCC1CCCNC1. The van der Waals surface area contributed by atoms with Gasteiger partial charge in [-0.3, -0.25) is 4.79 Å². The molecule has 1 amide bonds. The van der Waals surface area contributed by atoms with E-state index in [0.29, 0.717) is 12.5 Å². The second-order valence-corrected chi connectivity index (χ2v) is 3.52. The molecule has 4 nitrogen and oxygen atoms in total. The van der Waals surface area contributed by atoms with Crippen LogP contribution in [0.2, 0.25) is 0 Å². The third kappa shape index (κ3) is 4.85. The van der Waals surface area contributed by atoms with Crippen molar-refractivity contribution in [1.82, 2.24) is 5.32 Å². The number of primary amides is 1. The number of nitrogens with one attached hydrogen (secondary N) is 1. The van der Waals surface area contributed by atoms with E-state index in [2.05, 4.69) is 5.32 Å². The first-order valence-corrected chi connectivity index (χ1v) is 4.86. The molecular formula is C9H18N2O2. The van der Waals surface area contributed by atoms with Gasteiger partial charge in [0.2, 0.25) is 5.91 Å². The summed E-state index contributed by atoms with van der Waals surface area (Å²) < 4.78 is 5.10. The highest BCUT2D eigenvalue weighted by molar-refractivity contribution is 5.74. The molecule has 1 rings (SSSR count). The maximum atomic E-state index is 10.3. The molecule has 4 heteroatoms. The molecule has 0 aromatic rings. The highest BCUT2D eigenvalue weighted by atomic mass is 16.5. The van der Waals surface area contributed by atoms with E-state index in [1.807, 2.05) is 0 Å². The van der Waals surface area contributed by atoms with E-state index in [1.165, 1.54) is 12.8 Å². The zero-order chi connectivity index (χ0) is 9.52. The Morgan fingerprint density at radius 2 is 2.46 bits per heavy atom. The van der Waals surface area contributed by atoms with Crippen molar-refractivity contribution in [2.75, 3.05) is 26.3 Å². The minimum atomic E-state index is -0.387. The van der Waals surface area contributed by atoms with Crippen LogP contribution in [0.25, 0.3) is 0 Å². The Bertz CT molecular complexity index is 156. The van der Waals surface area contributed by atoms with Gasteiger partial charge in [0.1, 0.15) is 6.61 Å². The van der Waals surface area contributed by atoms with Gasteiger partial charge in [-0.15, -0.1) is 0 Å². The largest absolute Gasteiger partial charge is 0.372 e. The molecule has 0 bridgehead atoms. The standard InChI is InChI=1S/C9H18N2O2/c10-9(12)7-13-5-3-8-2-1-4-11-6-8/h8,11H,1-7H2,(H2,10,12). The second-order valence-electron chi connectivity index (χ2n) is 3.52. The van der Waals surface area contributed by atoms with Gasteiger partial charge in [-0.2, -0.15) is 0 Å². The Morgan fingerprint density at radius 1 is 1.62 bits per heavy atom. The van der Waals surface area contributed by atoms with Crippen molar-refractivity contribution < 1.29 is 9.53 Å². The zero-order valence-corrected chi connectivity index (χ0v) is 7.92. The first kappa shape index (κ1) is 10.5. The molecule has 0 aliphatic carbocycles. The average molecular weight is 186 g/mol. The Morgan fingerprint density at radius 3 is 3.08 bits per heavy atom. The number of nitrogens with two attached hydrogens (primary N) is 1. The predicted molar refractivity (Wildman–Crippen MR) is 50.2 cm³/mol. The summed E-state index contributed by atoms with van der Waals surface area (Å²) in [6, 6.07) is 0. The number of piperidine rings is 1. The fourth-order valence-electron chi connectivity index (χ4n) is 1.59. The Balaban J connectivity index is 1.95. The molecule has 0 saturated carbocycles. The van der Waals surface area contributed by atoms with Crippen molar-refractivity contribution in [3.8, 4) is 0 Å². The van der Waals surface area contributed by atoms with Crippen molar-refractivity contribution >= 4 is 5.91 Å². The van der Waals surface area contributed by atoms with Crippen molar-refractivity contribution in [3.63, 3.8) is 0 Å². The van der Waals surface area contributed by atoms with Crippen LogP contribution in [-0.4, -0.2) is 32.2 Å². The van der Waals surface area contributed by atoms with Crippen LogP contribution in [0.1, 0.15) is 19.3 Å². The topological polar surface area (TPSA) is 64.4 Å². The van der Waals surface area contributed by atoms with E-state index in [9.17, 15) is 4.79 Å². The molecule has 0 aromatic carbocycles. The molecule has 13 heavy (non-hydrogen) atoms. The van der Waals surface area contributed by atoms with E-state index in [-0.39, 0.29) is 12.5 Å². The number of carbonyl (C=O) groups is 1. The minimum absolute atomic E-state index is 0.0557. The molecular weight excluding hydrogens is 168 g/mol. The zero-order valence-electron chi connectivity index (χ0n) is 7.92. The molecule has 1 unspecified atom stereocenters. The summed E-state index contributed by atoms with van der Waals surface area (Å²) in [5, 5.41) is 3.34. The van der Waals surface area contributed by atoms with Gasteiger partial charge in [-0.05, 0) is 38.3 Å². The van der Waals surface area contributed by atoms with Crippen LogP contribution in [0.15, 0.2) is 0 Å². The number of rotatable bonds is 5. The fourth-order valence-corrected chi connectivity index (χ4v) is 1.59. The van der Waals surface area contributed by atoms with Crippen LogP contribution in [-0.2, 0) is 9.53 Å². The van der Waals surface area contributed by atoms with Crippen molar-refractivity contribution in [1.29, 1.82) is 0 Å². The summed E-state index contributed by atoms with van der Waals surface area (Å²) in [7, 11) is 0. The van der Waals surface area contributed by atoms with Gasteiger partial charge in [0.25, 0.3) is 0 Å². The Labute approximate surface area is 78.8 Å². The molecule has 0 aromatic heterocycles. The summed E-state index contributed by atoms with van der Waals surface area (Å²) in [4.78, 5) is 10.3. The summed E-state index contributed by atoms with van der Waals surface area (Å²) in [6.07, 6.45) is 3.55. The second kappa shape index (κ2) is 5.94. The number of hydrogen-bond acceptors (Lipinski definition) is 3. The van der Waals surface area contributed by atoms with Crippen LogP contribution >= 0.6 is 0 Å². The van der Waals surface area contributed by atoms with Crippen molar-refractivity contribution in [2.45, 2.75) is 19.3 Å². The molecule has 1 aliphatic rings. The monoisotopic (exact) mass is 186 g/mol. The summed E-state index contributed by atoms with van der Waals surface area (Å²) in [6.45, 7) is 2.92. The van der Waals surface area contributed by atoms with Gasteiger partial charge in [0, 0.05) is 6.61 Å². The summed E-state index contributed by atoms with van der Waals surface area (Å²) in [5.41, 5.74) is 4.94. The molecule has 1 heterocycles. The van der Waals surface area contributed by atoms with Crippen LogP contribution in [0.4, 0.5) is 0 Å². The van der Waals surface area contributed by atoms with Crippen LogP contribution in [0, 0.1) is 5.92 Å². The maximum Gasteiger partial charge on any atom is 0.243 e. The van der Waals surface area contributed by atoms with Gasteiger partial charge in [0.05, 0.1) is 0 Å². The van der Waals surface area contributed by atoms with Crippen LogP contribution < -0.4 is 11.1 Å². The Kier molecular flexibility index (Phi) is 4.78. The number of hydrogen-bond donors (Lipinski definition) is 2. The summed E-state index contributed by atoms with van der Waals surface area (Å²) in [5.74, 6) is 0.323. The molecule has 1 aliphatic heterocycles. The number of amides is 1. The normalized spacial score (nSPS) is 22.9. The molecule has 3 N–H and O–H groups in total. The van der Waals surface area contributed by atoms with E-state index in [0.717, 1.165) is 19.5 Å². The van der Waals surface area contributed by atoms with E-state index >= 15 is 0 Å². The van der Waals surface area contributed by atoms with E-state index in [4.69, 9.17) is 10.5 Å². The Hall–Kier alpha value is -0.610. The lowest BCUT2D eigenvalue weighted by molar-refractivity contribution is -0.122. The first-order valence-electron chi connectivity index (χ1n) is 4.86. The molecule has 76 valence electrons. The highest BCUT2D eigenvalue weighted by Crippen LogP contribution is 2.13.